The van der Waals surface area contributed by atoms with Crippen molar-refractivity contribution in [1.29, 1.82) is 0 Å². The second-order valence-corrected chi connectivity index (χ2v) is 4.98. The second kappa shape index (κ2) is 5.82. The van der Waals surface area contributed by atoms with Crippen molar-refractivity contribution in [3.63, 3.8) is 0 Å². The largest absolute Gasteiger partial charge is 0.350 e. The number of benzene rings is 1. The Labute approximate surface area is 103 Å². The van der Waals surface area contributed by atoms with E-state index >= 15 is 0 Å². The smallest absolute Gasteiger partial charge is 0.224 e. The molecule has 0 aliphatic carbocycles. The maximum atomic E-state index is 11.8. The first-order valence-corrected chi connectivity index (χ1v) is 6.06. The molecule has 0 fully saturated rings. The molecule has 0 bridgehead atoms. The fraction of sp³-hybridized carbons (Fsp3) is 0.500. The molecule has 3 nitrogen and oxygen atoms in total. The van der Waals surface area contributed by atoms with Gasteiger partial charge in [-0.15, -0.1) is 0 Å². The van der Waals surface area contributed by atoms with E-state index in [2.05, 4.69) is 24.4 Å². The number of hydrogen-bond donors (Lipinski definition) is 2. The monoisotopic (exact) mass is 234 g/mol. The third-order valence-electron chi connectivity index (χ3n) is 2.78. The molecular formula is C14H22N2O. The zero-order valence-electron chi connectivity index (χ0n) is 10.9. The Bertz CT molecular complexity index is 368. The van der Waals surface area contributed by atoms with E-state index in [1.54, 1.807) is 0 Å². The van der Waals surface area contributed by atoms with Gasteiger partial charge in [-0.05, 0) is 31.4 Å². The lowest BCUT2D eigenvalue weighted by atomic mass is 10.0. The Balaban J connectivity index is 2.56. The van der Waals surface area contributed by atoms with Crippen molar-refractivity contribution in [1.82, 2.24) is 5.32 Å². The van der Waals surface area contributed by atoms with E-state index in [-0.39, 0.29) is 11.4 Å². The van der Waals surface area contributed by atoms with Crippen molar-refractivity contribution in [2.75, 3.05) is 6.54 Å². The van der Waals surface area contributed by atoms with Crippen LogP contribution in [0, 0.1) is 0 Å². The van der Waals surface area contributed by atoms with Gasteiger partial charge in [-0.1, -0.05) is 31.2 Å². The molecule has 0 unspecified atom stereocenters. The molecule has 1 amide bonds. The Hall–Kier alpha value is -1.35. The quantitative estimate of drug-likeness (QED) is 0.814. The zero-order valence-corrected chi connectivity index (χ0v) is 10.9. The van der Waals surface area contributed by atoms with Crippen molar-refractivity contribution in [3.05, 3.63) is 35.4 Å². The third-order valence-corrected chi connectivity index (χ3v) is 2.78. The summed E-state index contributed by atoms with van der Waals surface area (Å²) in [6.45, 7) is 6.40. The van der Waals surface area contributed by atoms with Crippen molar-refractivity contribution in [2.24, 2.45) is 5.73 Å². The average Bonchev–Trinajstić information content (AvgIpc) is 2.29. The molecule has 0 aliphatic rings. The molecule has 3 N–H and O–H groups in total. The summed E-state index contributed by atoms with van der Waals surface area (Å²) in [4.78, 5) is 11.8. The lowest BCUT2D eigenvalue weighted by Gasteiger charge is -2.24. The number of amides is 1. The number of nitrogens with one attached hydrogen (secondary N) is 1. The lowest BCUT2D eigenvalue weighted by molar-refractivity contribution is -0.121. The molecule has 0 spiro atoms. The molecule has 0 heterocycles. The number of carbonyl (C=O) groups is 1. The van der Waals surface area contributed by atoms with Crippen LogP contribution in [0.15, 0.2) is 24.3 Å². The van der Waals surface area contributed by atoms with Gasteiger partial charge in [0.15, 0.2) is 0 Å². The van der Waals surface area contributed by atoms with Gasteiger partial charge in [0, 0.05) is 12.1 Å². The molecule has 3 heteroatoms. The van der Waals surface area contributed by atoms with E-state index in [9.17, 15) is 4.79 Å². The molecule has 0 aromatic heterocycles. The minimum Gasteiger partial charge on any atom is -0.350 e. The number of carbonyl (C=O) groups excluding carboxylic acids is 1. The summed E-state index contributed by atoms with van der Waals surface area (Å²) in [7, 11) is 0. The SMILES string of the molecule is CCc1ccc(CC(=O)NC(C)(C)CN)cc1. The highest BCUT2D eigenvalue weighted by Gasteiger charge is 2.17. The van der Waals surface area contributed by atoms with Gasteiger partial charge in [0.05, 0.1) is 6.42 Å². The predicted octanol–water partition coefficient (Wildman–Crippen LogP) is 1.64. The Morgan fingerprint density at radius 2 is 1.76 bits per heavy atom. The molecular weight excluding hydrogens is 212 g/mol. The third kappa shape index (κ3) is 4.57. The van der Waals surface area contributed by atoms with Crippen LogP contribution in [-0.2, 0) is 17.6 Å². The minimum absolute atomic E-state index is 0.0182. The summed E-state index contributed by atoms with van der Waals surface area (Å²) in [6, 6.07) is 8.15. The maximum absolute atomic E-state index is 11.8. The van der Waals surface area contributed by atoms with Gasteiger partial charge >= 0.3 is 0 Å². The normalized spacial score (nSPS) is 11.3. The molecule has 0 aliphatic heterocycles. The molecule has 0 saturated heterocycles. The van der Waals surface area contributed by atoms with Gasteiger partial charge in [-0.2, -0.15) is 0 Å². The summed E-state index contributed by atoms with van der Waals surface area (Å²) < 4.78 is 0. The van der Waals surface area contributed by atoms with Crippen molar-refractivity contribution < 1.29 is 4.79 Å². The van der Waals surface area contributed by atoms with Gasteiger partial charge in [0.1, 0.15) is 0 Å². The molecule has 0 radical (unpaired) electrons. The van der Waals surface area contributed by atoms with E-state index in [1.165, 1.54) is 5.56 Å². The van der Waals surface area contributed by atoms with E-state index in [0.717, 1.165) is 12.0 Å². The van der Waals surface area contributed by atoms with E-state index in [4.69, 9.17) is 5.73 Å². The number of nitrogens with two attached hydrogens (primary N) is 1. The highest BCUT2D eigenvalue weighted by atomic mass is 16.1. The van der Waals surface area contributed by atoms with Crippen molar-refractivity contribution >= 4 is 5.91 Å². The van der Waals surface area contributed by atoms with E-state index in [0.29, 0.717) is 13.0 Å². The fourth-order valence-corrected chi connectivity index (χ4v) is 1.55. The standard InChI is InChI=1S/C14H22N2O/c1-4-11-5-7-12(8-6-11)9-13(17)16-14(2,3)10-15/h5-8H,4,9-10,15H2,1-3H3,(H,16,17). The van der Waals surface area contributed by atoms with E-state index < -0.39 is 0 Å². The Morgan fingerprint density at radius 1 is 1.24 bits per heavy atom. The van der Waals surface area contributed by atoms with Crippen LogP contribution >= 0.6 is 0 Å². The van der Waals surface area contributed by atoms with Crippen LogP contribution in [0.5, 0.6) is 0 Å². The average molecular weight is 234 g/mol. The lowest BCUT2D eigenvalue weighted by Crippen LogP contribution is -2.49. The molecule has 1 aromatic carbocycles. The van der Waals surface area contributed by atoms with Gasteiger partial charge in [0.25, 0.3) is 0 Å². The van der Waals surface area contributed by atoms with Gasteiger partial charge in [-0.3, -0.25) is 4.79 Å². The van der Waals surface area contributed by atoms with Crippen LogP contribution in [0.25, 0.3) is 0 Å². The molecule has 0 saturated carbocycles. The fourth-order valence-electron chi connectivity index (χ4n) is 1.55. The molecule has 1 rings (SSSR count). The maximum Gasteiger partial charge on any atom is 0.224 e. The summed E-state index contributed by atoms with van der Waals surface area (Å²) in [6.07, 6.45) is 1.43. The summed E-state index contributed by atoms with van der Waals surface area (Å²) in [5.74, 6) is 0.0182. The second-order valence-electron chi connectivity index (χ2n) is 4.98. The molecule has 17 heavy (non-hydrogen) atoms. The van der Waals surface area contributed by atoms with Gasteiger partial charge < -0.3 is 11.1 Å². The van der Waals surface area contributed by atoms with Crippen LogP contribution < -0.4 is 11.1 Å². The first kappa shape index (κ1) is 13.7. The first-order valence-electron chi connectivity index (χ1n) is 6.06. The van der Waals surface area contributed by atoms with Gasteiger partial charge in [0.2, 0.25) is 5.91 Å². The minimum atomic E-state index is -0.333. The summed E-state index contributed by atoms with van der Waals surface area (Å²) in [5, 5.41) is 2.92. The molecule has 0 atom stereocenters. The van der Waals surface area contributed by atoms with Gasteiger partial charge in [-0.25, -0.2) is 0 Å². The van der Waals surface area contributed by atoms with Crippen LogP contribution in [0.3, 0.4) is 0 Å². The van der Waals surface area contributed by atoms with Crippen molar-refractivity contribution in [3.8, 4) is 0 Å². The number of hydrogen-bond acceptors (Lipinski definition) is 2. The van der Waals surface area contributed by atoms with E-state index in [1.807, 2.05) is 26.0 Å². The highest BCUT2D eigenvalue weighted by molar-refractivity contribution is 5.79. The Morgan fingerprint density at radius 3 is 2.24 bits per heavy atom. The van der Waals surface area contributed by atoms with Crippen molar-refractivity contribution in [2.45, 2.75) is 39.2 Å². The summed E-state index contributed by atoms with van der Waals surface area (Å²) in [5.41, 5.74) is 7.56. The zero-order chi connectivity index (χ0) is 12.9. The number of aryl methyl sites for hydroxylation is 1. The predicted molar refractivity (Wildman–Crippen MR) is 70.8 cm³/mol. The molecule has 1 aromatic rings. The van der Waals surface area contributed by atoms with Crippen LogP contribution in [0.4, 0.5) is 0 Å². The number of rotatable bonds is 5. The highest BCUT2D eigenvalue weighted by Crippen LogP contribution is 2.07. The summed E-state index contributed by atoms with van der Waals surface area (Å²) >= 11 is 0. The van der Waals surface area contributed by atoms with Crippen LogP contribution in [0.1, 0.15) is 31.9 Å². The molecule has 94 valence electrons. The van der Waals surface area contributed by atoms with Crippen LogP contribution in [-0.4, -0.2) is 18.0 Å². The Kier molecular flexibility index (Phi) is 4.70. The topological polar surface area (TPSA) is 55.1 Å². The first-order chi connectivity index (χ1) is 7.96. The van der Waals surface area contributed by atoms with Crippen LogP contribution in [0.2, 0.25) is 0 Å².